The number of nitrogens with zero attached hydrogens (tertiary/aromatic N) is 2. The van der Waals surface area contributed by atoms with Crippen molar-refractivity contribution in [1.29, 1.82) is 0 Å². The lowest BCUT2D eigenvalue weighted by molar-refractivity contribution is 0.212. The van der Waals surface area contributed by atoms with Crippen LogP contribution in [0.15, 0.2) is 30.5 Å². The number of halogens is 2. The average Bonchev–Trinajstić information content (AvgIpc) is 2.63. The summed E-state index contributed by atoms with van der Waals surface area (Å²) in [6.07, 6.45) is 1.64. The summed E-state index contributed by atoms with van der Waals surface area (Å²) in [5.41, 5.74) is 5.42. The Kier molecular flexibility index (Phi) is 2.96. The van der Waals surface area contributed by atoms with Gasteiger partial charge in [-0.05, 0) is 18.2 Å². The Hall–Kier alpha value is -1.75. The third-order valence-electron chi connectivity index (χ3n) is 1.91. The second kappa shape index (κ2) is 4.40. The number of hydrogen-bond donors (Lipinski definition) is 1. The lowest BCUT2D eigenvalue weighted by Crippen LogP contribution is -2.07. The zero-order valence-corrected chi connectivity index (χ0v) is 8.99. The summed E-state index contributed by atoms with van der Waals surface area (Å²) in [5.74, 6) is 0.00581. The van der Waals surface area contributed by atoms with E-state index in [-0.39, 0.29) is 12.5 Å². The van der Waals surface area contributed by atoms with Gasteiger partial charge in [-0.25, -0.2) is 9.07 Å². The van der Waals surface area contributed by atoms with Gasteiger partial charge in [0, 0.05) is 17.3 Å². The molecule has 0 aliphatic heterocycles. The highest BCUT2D eigenvalue weighted by atomic mass is 35.5. The molecular formula is C10H9ClFN3O. The molecule has 0 unspecified atom stereocenters. The first-order valence-electron chi connectivity index (χ1n) is 4.52. The van der Waals surface area contributed by atoms with Gasteiger partial charge in [-0.1, -0.05) is 11.6 Å². The summed E-state index contributed by atoms with van der Waals surface area (Å²) in [7, 11) is 0. The molecule has 0 atom stereocenters. The number of rotatable bonds is 3. The monoisotopic (exact) mass is 241 g/mol. The molecule has 0 bridgehead atoms. The van der Waals surface area contributed by atoms with Crippen molar-refractivity contribution in [3.05, 3.63) is 41.3 Å². The van der Waals surface area contributed by atoms with Crippen LogP contribution in [0.2, 0.25) is 5.02 Å². The molecule has 0 spiro atoms. The highest BCUT2D eigenvalue weighted by Gasteiger charge is 2.04. The quantitative estimate of drug-likeness (QED) is 0.897. The van der Waals surface area contributed by atoms with Crippen molar-refractivity contribution < 1.29 is 9.13 Å². The fourth-order valence-electron chi connectivity index (χ4n) is 1.18. The van der Waals surface area contributed by atoms with Crippen LogP contribution in [0, 0.1) is 5.82 Å². The second-order valence-corrected chi connectivity index (χ2v) is 3.56. The Morgan fingerprint density at radius 1 is 1.44 bits per heavy atom. The highest BCUT2D eigenvalue weighted by molar-refractivity contribution is 6.30. The normalized spacial score (nSPS) is 10.4. The molecule has 0 aliphatic carbocycles. The maximum atomic E-state index is 13.3. The largest absolute Gasteiger partial charge is 0.468 e. The molecule has 0 amide bonds. The van der Waals surface area contributed by atoms with E-state index in [0.29, 0.717) is 10.8 Å². The molecular weight excluding hydrogens is 233 g/mol. The Morgan fingerprint density at radius 2 is 2.25 bits per heavy atom. The molecule has 1 heterocycles. The van der Waals surface area contributed by atoms with Gasteiger partial charge >= 0.3 is 0 Å². The van der Waals surface area contributed by atoms with Gasteiger partial charge < -0.3 is 10.5 Å². The number of benzene rings is 1. The van der Waals surface area contributed by atoms with Crippen LogP contribution >= 0.6 is 11.6 Å². The van der Waals surface area contributed by atoms with Crippen LogP contribution in [0.5, 0.6) is 5.75 Å². The van der Waals surface area contributed by atoms with Crippen LogP contribution < -0.4 is 10.5 Å². The van der Waals surface area contributed by atoms with Crippen molar-refractivity contribution >= 4 is 17.4 Å². The fraction of sp³-hybridized carbons (Fsp3) is 0.100. The van der Waals surface area contributed by atoms with E-state index in [2.05, 4.69) is 5.10 Å². The summed E-state index contributed by atoms with van der Waals surface area (Å²) < 4.78 is 20.0. The topological polar surface area (TPSA) is 53.1 Å². The maximum Gasteiger partial charge on any atom is 0.181 e. The number of anilines is 1. The SMILES string of the molecule is Nc1ccn(COc2ccc(Cl)cc2F)n1. The third kappa shape index (κ3) is 2.43. The molecule has 6 heteroatoms. The van der Waals surface area contributed by atoms with Gasteiger partial charge in [0.1, 0.15) is 5.82 Å². The molecule has 4 nitrogen and oxygen atoms in total. The van der Waals surface area contributed by atoms with E-state index in [1.54, 1.807) is 18.3 Å². The molecule has 16 heavy (non-hydrogen) atoms. The predicted octanol–water partition coefficient (Wildman–Crippen LogP) is 2.29. The second-order valence-electron chi connectivity index (χ2n) is 3.13. The van der Waals surface area contributed by atoms with Crippen molar-refractivity contribution in [2.24, 2.45) is 0 Å². The van der Waals surface area contributed by atoms with E-state index in [1.807, 2.05) is 0 Å². The van der Waals surface area contributed by atoms with Gasteiger partial charge in [0.25, 0.3) is 0 Å². The summed E-state index contributed by atoms with van der Waals surface area (Å²) in [6, 6.07) is 5.83. The minimum absolute atomic E-state index is 0.0930. The minimum Gasteiger partial charge on any atom is -0.468 e. The van der Waals surface area contributed by atoms with E-state index in [9.17, 15) is 4.39 Å². The summed E-state index contributed by atoms with van der Waals surface area (Å²) in [5, 5.41) is 4.22. The first-order valence-corrected chi connectivity index (χ1v) is 4.90. The molecule has 0 fully saturated rings. The van der Waals surface area contributed by atoms with Crippen molar-refractivity contribution in [1.82, 2.24) is 9.78 Å². The third-order valence-corrected chi connectivity index (χ3v) is 2.14. The van der Waals surface area contributed by atoms with E-state index < -0.39 is 5.82 Å². The van der Waals surface area contributed by atoms with Gasteiger partial charge in [-0.3, -0.25) is 0 Å². The lowest BCUT2D eigenvalue weighted by Gasteiger charge is -2.07. The molecule has 1 aromatic carbocycles. The van der Waals surface area contributed by atoms with Crippen LogP contribution in [0.4, 0.5) is 10.2 Å². The fourth-order valence-corrected chi connectivity index (χ4v) is 1.34. The molecule has 84 valence electrons. The number of hydrogen-bond acceptors (Lipinski definition) is 3. The van der Waals surface area contributed by atoms with Gasteiger partial charge in [0.15, 0.2) is 18.3 Å². The van der Waals surface area contributed by atoms with E-state index in [1.165, 1.54) is 16.8 Å². The number of ether oxygens (including phenoxy) is 1. The molecule has 2 aromatic rings. The van der Waals surface area contributed by atoms with Crippen molar-refractivity contribution in [2.75, 3.05) is 5.73 Å². The highest BCUT2D eigenvalue weighted by Crippen LogP contribution is 2.21. The molecule has 0 aliphatic rings. The maximum absolute atomic E-state index is 13.3. The number of nitrogen functional groups attached to an aromatic ring is 1. The van der Waals surface area contributed by atoms with E-state index >= 15 is 0 Å². The smallest absolute Gasteiger partial charge is 0.181 e. The minimum atomic E-state index is -0.507. The average molecular weight is 242 g/mol. The molecule has 0 saturated carbocycles. The van der Waals surface area contributed by atoms with Crippen molar-refractivity contribution in [2.45, 2.75) is 6.73 Å². The summed E-state index contributed by atoms with van der Waals surface area (Å²) >= 11 is 5.61. The lowest BCUT2D eigenvalue weighted by atomic mass is 10.3. The Bertz CT molecular complexity index is 501. The van der Waals surface area contributed by atoms with Crippen LogP contribution in [-0.4, -0.2) is 9.78 Å². The van der Waals surface area contributed by atoms with Gasteiger partial charge in [-0.2, -0.15) is 5.10 Å². The van der Waals surface area contributed by atoms with Crippen molar-refractivity contribution in [3.8, 4) is 5.75 Å². The van der Waals surface area contributed by atoms with Crippen molar-refractivity contribution in [3.63, 3.8) is 0 Å². The Morgan fingerprint density at radius 3 is 2.88 bits per heavy atom. The summed E-state index contributed by atoms with van der Waals surface area (Å²) in [4.78, 5) is 0. The van der Waals surface area contributed by atoms with Gasteiger partial charge in [-0.15, -0.1) is 0 Å². The summed E-state index contributed by atoms with van der Waals surface area (Å²) in [6.45, 7) is 0.0930. The molecule has 2 rings (SSSR count). The Balaban J connectivity index is 2.04. The predicted molar refractivity (Wildman–Crippen MR) is 58.7 cm³/mol. The van der Waals surface area contributed by atoms with Crippen LogP contribution in [-0.2, 0) is 6.73 Å². The number of aromatic nitrogens is 2. The standard InChI is InChI=1S/C10H9ClFN3O/c11-7-1-2-9(8(12)5-7)16-6-15-4-3-10(13)14-15/h1-5H,6H2,(H2,13,14). The Labute approximate surface area is 96.4 Å². The van der Waals surface area contributed by atoms with Crippen LogP contribution in [0.3, 0.4) is 0 Å². The first-order chi connectivity index (χ1) is 7.65. The van der Waals surface area contributed by atoms with E-state index in [0.717, 1.165) is 0 Å². The van der Waals surface area contributed by atoms with E-state index in [4.69, 9.17) is 22.1 Å². The van der Waals surface area contributed by atoms with Crippen LogP contribution in [0.25, 0.3) is 0 Å². The first kappa shape index (κ1) is 10.8. The molecule has 1 aromatic heterocycles. The zero-order chi connectivity index (χ0) is 11.5. The molecule has 0 radical (unpaired) electrons. The van der Waals surface area contributed by atoms with Gasteiger partial charge in [0.2, 0.25) is 0 Å². The van der Waals surface area contributed by atoms with Crippen LogP contribution in [0.1, 0.15) is 0 Å². The number of nitrogens with two attached hydrogens (primary N) is 1. The molecule has 2 N–H and O–H groups in total. The van der Waals surface area contributed by atoms with Gasteiger partial charge in [0.05, 0.1) is 0 Å². The molecule has 0 saturated heterocycles. The zero-order valence-electron chi connectivity index (χ0n) is 8.23.